The molecule has 0 bridgehead atoms. The highest BCUT2D eigenvalue weighted by atomic mass is 35.5. The maximum absolute atomic E-state index is 12.7. The summed E-state index contributed by atoms with van der Waals surface area (Å²) in [6.07, 6.45) is 1.42. The molecule has 1 aromatic carbocycles. The number of ether oxygens (including phenoxy) is 2. The third-order valence-corrected chi connectivity index (χ3v) is 6.18. The zero-order chi connectivity index (χ0) is 21.7. The molecule has 0 aliphatic carbocycles. The predicted molar refractivity (Wildman–Crippen MR) is 118 cm³/mol. The first-order valence-electron chi connectivity index (χ1n) is 9.75. The Morgan fingerprint density at radius 2 is 2.13 bits per heavy atom. The molecule has 1 saturated heterocycles. The summed E-state index contributed by atoms with van der Waals surface area (Å²) >= 11 is 7.37. The van der Waals surface area contributed by atoms with Gasteiger partial charge in [-0.3, -0.25) is 9.36 Å². The maximum Gasteiger partial charge on any atom is 0.223 e. The van der Waals surface area contributed by atoms with Gasteiger partial charge in [-0.1, -0.05) is 29.9 Å². The van der Waals surface area contributed by atoms with Gasteiger partial charge in [0.15, 0.2) is 11.0 Å². The van der Waals surface area contributed by atoms with Crippen molar-refractivity contribution in [1.29, 1.82) is 0 Å². The molecule has 1 N–H and O–H groups in total. The average Bonchev–Trinajstić information content (AvgIpc) is 3.12. The largest absolute Gasteiger partial charge is 0.497 e. The fourth-order valence-electron chi connectivity index (χ4n) is 3.41. The predicted octanol–water partition coefficient (Wildman–Crippen LogP) is 3.94. The van der Waals surface area contributed by atoms with E-state index in [0.29, 0.717) is 34.8 Å². The van der Waals surface area contributed by atoms with Crippen LogP contribution >= 0.6 is 23.4 Å². The van der Waals surface area contributed by atoms with Crippen LogP contribution in [0.25, 0.3) is 5.69 Å². The van der Waals surface area contributed by atoms with Crippen LogP contribution in [0.1, 0.15) is 32.5 Å². The number of nitrogens with zero attached hydrogens (tertiary/aromatic N) is 3. The van der Waals surface area contributed by atoms with Gasteiger partial charge in [0, 0.05) is 29.0 Å². The minimum absolute atomic E-state index is 0.0130. The Labute approximate surface area is 186 Å². The van der Waals surface area contributed by atoms with Crippen LogP contribution in [0.2, 0.25) is 0 Å². The number of nitrogens with one attached hydrogen (secondary N) is 1. The lowest BCUT2D eigenvalue weighted by Gasteiger charge is -2.34. The number of carbonyl (C=O) groups excluding carboxylic acids is 1. The van der Waals surface area contributed by atoms with Crippen LogP contribution in [-0.4, -0.2) is 45.7 Å². The van der Waals surface area contributed by atoms with Crippen molar-refractivity contribution in [3.05, 3.63) is 41.7 Å². The van der Waals surface area contributed by atoms with Crippen molar-refractivity contribution in [2.24, 2.45) is 5.92 Å². The third-order valence-electron chi connectivity index (χ3n) is 4.88. The van der Waals surface area contributed by atoms with Crippen LogP contribution in [0.4, 0.5) is 0 Å². The molecule has 2 aromatic rings. The van der Waals surface area contributed by atoms with Crippen LogP contribution < -0.4 is 10.1 Å². The first-order chi connectivity index (χ1) is 14.3. The molecule has 1 atom stereocenters. The van der Waals surface area contributed by atoms with Gasteiger partial charge in [0.2, 0.25) is 5.91 Å². The van der Waals surface area contributed by atoms with Crippen molar-refractivity contribution in [2.45, 2.75) is 44.0 Å². The van der Waals surface area contributed by atoms with E-state index in [9.17, 15) is 4.79 Å². The molecule has 1 aromatic heterocycles. The van der Waals surface area contributed by atoms with Gasteiger partial charge in [-0.2, -0.15) is 0 Å². The Morgan fingerprint density at radius 1 is 1.40 bits per heavy atom. The molecule has 0 unspecified atom stereocenters. The van der Waals surface area contributed by atoms with Crippen LogP contribution in [0, 0.1) is 5.92 Å². The standard InChI is InChI=1S/C21H27ClN4O3S/c1-14(22)13-30-20-25-24-18(26(20)16-5-7-17(28-4)8-6-16)12-23-19(27)15-9-10-29-21(2,3)11-15/h5-8,15H,1,9-13H2,2-4H3,(H,23,27)/t15-/m0/s1. The van der Waals surface area contributed by atoms with Gasteiger partial charge >= 0.3 is 0 Å². The molecule has 2 heterocycles. The van der Waals surface area contributed by atoms with Crippen LogP contribution in [0.15, 0.2) is 41.0 Å². The van der Waals surface area contributed by atoms with Crippen molar-refractivity contribution in [2.75, 3.05) is 19.5 Å². The molecule has 162 valence electrons. The molecule has 1 fully saturated rings. The normalized spacial score (nSPS) is 18.1. The quantitative estimate of drug-likeness (QED) is 0.613. The number of benzene rings is 1. The lowest BCUT2D eigenvalue weighted by atomic mass is 9.88. The summed E-state index contributed by atoms with van der Waals surface area (Å²) in [6.45, 7) is 8.63. The highest BCUT2D eigenvalue weighted by molar-refractivity contribution is 7.99. The van der Waals surface area contributed by atoms with Crippen molar-refractivity contribution in [1.82, 2.24) is 20.1 Å². The minimum atomic E-state index is -0.281. The van der Waals surface area contributed by atoms with E-state index in [1.54, 1.807) is 7.11 Å². The van der Waals surface area contributed by atoms with E-state index in [4.69, 9.17) is 21.1 Å². The van der Waals surface area contributed by atoms with Crippen LogP contribution in [-0.2, 0) is 16.1 Å². The summed E-state index contributed by atoms with van der Waals surface area (Å²) in [5.74, 6) is 1.85. The molecule has 1 aliphatic rings. The summed E-state index contributed by atoms with van der Waals surface area (Å²) < 4.78 is 12.9. The Kier molecular flexibility index (Phi) is 7.44. The van der Waals surface area contributed by atoms with Gasteiger partial charge in [-0.15, -0.1) is 10.2 Å². The first kappa shape index (κ1) is 22.7. The summed E-state index contributed by atoms with van der Waals surface area (Å²) in [5, 5.41) is 12.8. The second kappa shape index (κ2) is 9.85. The summed E-state index contributed by atoms with van der Waals surface area (Å²) in [6, 6.07) is 7.59. The summed E-state index contributed by atoms with van der Waals surface area (Å²) in [5.41, 5.74) is 0.594. The van der Waals surface area contributed by atoms with E-state index in [0.717, 1.165) is 17.9 Å². The van der Waals surface area contributed by atoms with E-state index in [2.05, 4.69) is 22.1 Å². The third kappa shape index (κ3) is 5.77. The van der Waals surface area contributed by atoms with Crippen molar-refractivity contribution < 1.29 is 14.3 Å². The number of amides is 1. The lowest BCUT2D eigenvalue weighted by molar-refractivity contribution is -0.135. The van der Waals surface area contributed by atoms with Gasteiger partial charge in [-0.25, -0.2) is 0 Å². The molecule has 7 nitrogen and oxygen atoms in total. The topological polar surface area (TPSA) is 78.3 Å². The van der Waals surface area contributed by atoms with E-state index in [-0.39, 0.29) is 24.0 Å². The number of hydrogen-bond donors (Lipinski definition) is 1. The fraction of sp³-hybridized carbons (Fsp3) is 0.476. The van der Waals surface area contributed by atoms with Gasteiger partial charge in [-0.05, 0) is 51.0 Å². The van der Waals surface area contributed by atoms with Gasteiger partial charge in [0.05, 0.1) is 19.3 Å². The fourth-order valence-corrected chi connectivity index (χ4v) is 4.30. The monoisotopic (exact) mass is 450 g/mol. The van der Waals surface area contributed by atoms with Gasteiger partial charge < -0.3 is 14.8 Å². The maximum atomic E-state index is 12.7. The van der Waals surface area contributed by atoms with Crippen molar-refractivity contribution in [3.63, 3.8) is 0 Å². The van der Waals surface area contributed by atoms with E-state index < -0.39 is 0 Å². The van der Waals surface area contributed by atoms with E-state index >= 15 is 0 Å². The number of aromatic nitrogens is 3. The average molecular weight is 451 g/mol. The molecular formula is C21H27ClN4O3S. The van der Waals surface area contributed by atoms with Crippen molar-refractivity contribution >= 4 is 29.3 Å². The second-order valence-electron chi connectivity index (χ2n) is 7.75. The molecule has 0 radical (unpaired) electrons. The van der Waals surface area contributed by atoms with Crippen LogP contribution in [0.3, 0.4) is 0 Å². The number of methoxy groups -OCH3 is 1. The minimum Gasteiger partial charge on any atom is -0.497 e. The summed E-state index contributed by atoms with van der Waals surface area (Å²) in [7, 11) is 1.62. The number of halogens is 1. The Morgan fingerprint density at radius 3 is 2.77 bits per heavy atom. The molecule has 30 heavy (non-hydrogen) atoms. The molecule has 0 saturated carbocycles. The van der Waals surface area contributed by atoms with Gasteiger partial charge in [0.25, 0.3) is 0 Å². The van der Waals surface area contributed by atoms with E-state index in [1.165, 1.54) is 11.8 Å². The lowest BCUT2D eigenvalue weighted by Crippen LogP contribution is -2.41. The highest BCUT2D eigenvalue weighted by Gasteiger charge is 2.33. The molecule has 9 heteroatoms. The Balaban J connectivity index is 1.77. The Hall–Kier alpha value is -2.03. The van der Waals surface area contributed by atoms with Gasteiger partial charge in [0.1, 0.15) is 5.75 Å². The van der Waals surface area contributed by atoms with Crippen LogP contribution in [0.5, 0.6) is 5.75 Å². The second-order valence-corrected chi connectivity index (χ2v) is 9.23. The van der Waals surface area contributed by atoms with E-state index in [1.807, 2.05) is 42.7 Å². The molecule has 1 aliphatic heterocycles. The van der Waals surface area contributed by atoms with Crippen molar-refractivity contribution in [3.8, 4) is 11.4 Å². The molecule has 3 rings (SSSR count). The number of thioether (sulfide) groups is 1. The number of carbonyl (C=O) groups is 1. The molecule has 1 amide bonds. The highest BCUT2D eigenvalue weighted by Crippen LogP contribution is 2.29. The molecular weight excluding hydrogens is 424 g/mol. The zero-order valence-electron chi connectivity index (χ0n) is 17.5. The smallest absolute Gasteiger partial charge is 0.223 e. The number of hydrogen-bond acceptors (Lipinski definition) is 6. The summed E-state index contributed by atoms with van der Waals surface area (Å²) in [4.78, 5) is 12.7. The SMILES string of the molecule is C=C(Cl)CSc1nnc(CNC(=O)[C@H]2CCOC(C)(C)C2)n1-c1ccc(OC)cc1. The zero-order valence-corrected chi connectivity index (χ0v) is 19.1. The molecule has 0 spiro atoms. The Bertz CT molecular complexity index is 898. The number of rotatable bonds is 8. The first-order valence-corrected chi connectivity index (χ1v) is 11.1.